The third kappa shape index (κ3) is 1.73. The molecule has 90 valence electrons. The largest absolute Gasteiger partial charge is 0.436 e. The third-order valence-electron chi connectivity index (χ3n) is 2.86. The van der Waals surface area contributed by atoms with E-state index in [9.17, 15) is 0 Å². The molecular weight excluding hydrogens is 248 g/mol. The van der Waals surface area contributed by atoms with Gasteiger partial charge in [-0.1, -0.05) is 23.7 Å². The molecule has 0 aliphatic carbocycles. The lowest BCUT2D eigenvalue weighted by Crippen LogP contribution is -1.87. The maximum atomic E-state index is 5.90. The van der Waals surface area contributed by atoms with Crippen molar-refractivity contribution in [2.24, 2.45) is 0 Å². The van der Waals surface area contributed by atoms with Gasteiger partial charge in [0.2, 0.25) is 5.89 Å². The van der Waals surface area contributed by atoms with E-state index in [1.54, 1.807) is 12.1 Å². The number of fused-ring (bicyclic) bond motifs is 1. The molecule has 2 aromatic carbocycles. The molecule has 1 heterocycles. The molecule has 0 amide bonds. The second kappa shape index (κ2) is 4.03. The van der Waals surface area contributed by atoms with Crippen LogP contribution in [0.5, 0.6) is 0 Å². The Morgan fingerprint density at radius 3 is 2.78 bits per heavy atom. The molecule has 4 heteroatoms. The molecular formula is C14H11ClN2O. The first-order valence-corrected chi connectivity index (χ1v) is 5.94. The number of rotatable bonds is 1. The predicted molar refractivity (Wildman–Crippen MR) is 73.6 cm³/mol. The van der Waals surface area contributed by atoms with Crippen LogP contribution in [0, 0.1) is 6.92 Å². The summed E-state index contributed by atoms with van der Waals surface area (Å²) in [6.45, 7) is 2.00. The van der Waals surface area contributed by atoms with Gasteiger partial charge in [-0.2, -0.15) is 0 Å². The molecule has 1 aromatic heterocycles. The van der Waals surface area contributed by atoms with Crippen LogP contribution in [0.2, 0.25) is 5.02 Å². The van der Waals surface area contributed by atoms with E-state index < -0.39 is 0 Å². The highest BCUT2D eigenvalue weighted by Gasteiger charge is 2.10. The van der Waals surface area contributed by atoms with Gasteiger partial charge < -0.3 is 10.2 Å². The highest BCUT2D eigenvalue weighted by atomic mass is 35.5. The van der Waals surface area contributed by atoms with Crippen molar-refractivity contribution in [2.75, 3.05) is 5.73 Å². The number of nitrogens with zero attached hydrogens (tertiary/aromatic N) is 1. The minimum Gasteiger partial charge on any atom is -0.436 e. The quantitative estimate of drug-likeness (QED) is 0.670. The molecule has 3 aromatic rings. The Kier molecular flexibility index (Phi) is 2.49. The second-order valence-electron chi connectivity index (χ2n) is 4.18. The van der Waals surface area contributed by atoms with Crippen LogP contribution in [0.3, 0.4) is 0 Å². The maximum absolute atomic E-state index is 5.90. The van der Waals surface area contributed by atoms with Gasteiger partial charge in [0, 0.05) is 5.56 Å². The van der Waals surface area contributed by atoms with Gasteiger partial charge in [-0.15, -0.1) is 0 Å². The molecule has 18 heavy (non-hydrogen) atoms. The minimum absolute atomic E-state index is 0.521. The van der Waals surface area contributed by atoms with Gasteiger partial charge in [-0.25, -0.2) is 4.98 Å². The Morgan fingerprint density at radius 1 is 1.22 bits per heavy atom. The number of nitrogens with two attached hydrogens (primary N) is 1. The first-order chi connectivity index (χ1) is 8.65. The predicted octanol–water partition coefficient (Wildman–Crippen LogP) is 4.04. The summed E-state index contributed by atoms with van der Waals surface area (Å²) in [5.74, 6) is 0.558. The molecule has 0 radical (unpaired) electrons. The molecule has 0 fully saturated rings. The third-order valence-corrected chi connectivity index (χ3v) is 3.21. The SMILES string of the molecule is Cc1cccc2oc(-c3ccc(Cl)c(N)c3)nc12. The molecule has 3 rings (SSSR count). The fraction of sp³-hybridized carbons (Fsp3) is 0.0714. The van der Waals surface area contributed by atoms with Crippen LogP contribution in [-0.4, -0.2) is 4.98 Å². The lowest BCUT2D eigenvalue weighted by molar-refractivity contribution is 0.620. The molecule has 3 nitrogen and oxygen atoms in total. The fourth-order valence-corrected chi connectivity index (χ4v) is 2.00. The number of aryl methyl sites for hydroxylation is 1. The van der Waals surface area contributed by atoms with Crippen LogP contribution >= 0.6 is 11.6 Å². The van der Waals surface area contributed by atoms with Crippen molar-refractivity contribution in [1.29, 1.82) is 0 Å². The van der Waals surface area contributed by atoms with Crippen molar-refractivity contribution >= 4 is 28.4 Å². The number of hydrogen-bond donors (Lipinski definition) is 1. The summed E-state index contributed by atoms with van der Waals surface area (Å²) >= 11 is 5.90. The number of anilines is 1. The van der Waals surface area contributed by atoms with Gasteiger partial charge in [-0.05, 0) is 36.8 Å². The number of oxazole rings is 1. The van der Waals surface area contributed by atoms with E-state index in [1.807, 2.05) is 31.2 Å². The Balaban J connectivity index is 2.19. The zero-order valence-electron chi connectivity index (χ0n) is 9.77. The van der Waals surface area contributed by atoms with Gasteiger partial charge in [0.25, 0.3) is 0 Å². The van der Waals surface area contributed by atoms with Crippen LogP contribution < -0.4 is 5.73 Å². The molecule has 0 aliphatic heterocycles. The topological polar surface area (TPSA) is 52.0 Å². The van der Waals surface area contributed by atoms with Crippen molar-refractivity contribution in [3.63, 3.8) is 0 Å². The summed E-state index contributed by atoms with van der Waals surface area (Å²) in [6, 6.07) is 11.2. The number of benzene rings is 2. The number of hydrogen-bond acceptors (Lipinski definition) is 3. The lowest BCUT2D eigenvalue weighted by atomic mass is 10.2. The Hall–Kier alpha value is -2.00. The van der Waals surface area contributed by atoms with E-state index >= 15 is 0 Å². The zero-order valence-corrected chi connectivity index (χ0v) is 10.5. The van der Waals surface area contributed by atoms with Crippen molar-refractivity contribution in [3.05, 3.63) is 47.0 Å². The molecule has 0 atom stereocenters. The average Bonchev–Trinajstić information content (AvgIpc) is 2.78. The van der Waals surface area contributed by atoms with E-state index in [0.29, 0.717) is 16.6 Å². The fourth-order valence-electron chi connectivity index (χ4n) is 1.89. The highest BCUT2D eigenvalue weighted by molar-refractivity contribution is 6.33. The number of para-hydroxylation sites is 1. The maximum Gasteiger partial charge on any atom is 0.227 e. The minimum atomic E-state index is 0.521. The lowest BCUT2D eigenvalue weighted by Gasteiger charge is -1.99. The van der Waals surface area contributed by atoms with Crippen molar-refractivity contribution < 1.29 is 4.42 Å². The summed E-state index contributed by atoms with van der Waals surface area (Å²) in [4.78, 5) is 4.49. The first-order valence-electron chi connectivity index (χ1n) is 5.57. The molecule has 0 aliphatic rings. The second-order valence-corrected chi connectivity index (χ2v) is 4.58. The van der Waals surface area contributed by atoms with Gasteiger partial charge in [0.1, 0.15) is 5.52 Å². The van der Waals surface area contributed by atoms with E-state index in [2.05, 4.69) is 4.98 Å². The van der Waals surface area contributed by atoms with Gasteiger partial charge in [-0.3, -0.25) is 0 Å². The van der Waals surface area contributed by atoms with Crippen LogP contribution in [0.4, 0.5) is 5.69 Å². The van der Waals surface area contributed by atoms with Crippen LogP contribution in [0.25, 0.3) is 22.6 Å². The summed E-state index contributed by atoms with van der Waals surface area (Å²) in [7, 11) is 0. The van der Waals surface area contributed by atoms with E-state index in [-0.39, 0.29) is 0 Å². The van der Waals surface area contributed by atoms with Crippen LogP contribution in [-0.2, 0) is 0 Å². The monoisotopic (exact) mass is 258 g/mol. The van der Waals surface area contributed by atoms with Crippen molar-refractivity contribution in [3.8, 4) is 11.5 Å². The Morgan fingerprint density at radius 2 is 2.06 bits per heavy atom. The summed E-state index contributed by atoms with van der Waals surface area (Å²) < 4.78 is 5.72. The van der Waals surface area contributed by atoms with Gasteiger partial charge >= 0.3 is 0 Å². The van der Waals surface area contributed by atoms with Crippen molar-refractivity contribution in [1.82, 2.24) is 4.98 Å². The highest BCUT2D eigenvalue weighted by Crippen LogP contribution is 2.29. The smallest absolute Gasteiger partial charge is 0.227 e. The van der Waals surface area contributed by atoms with E-state index in [4.69, 9.17) is 21.8 Å². The van der Waals surface area contributed by atoms with Crippen molar-refractivity contribution in [2.45, 2.75) is 6.92 Å². The van der Waals surface area contributed by atoms with Crippen LogP contribution in [0.1, 0.15) is 5.56 Å². The average molecular weight is 259 g/mol. The van der Waals surface area contributed by atoms with Crippen LogP contribution in [0.15, 0.2) is 40.8 Å². The zero-order chi connectivity index (χ0) is 12.7. The molecule has 0 unspecified atom stereocenters. The van der Waals surface area contributed by atoms with E-state index in [0.717, 1.165) is 22.2 Å². The molecule has 0 spiro atoms. The Labute approximate surface area is 109 Å². The number of halogens is 1. The van der Waals surface area contributed by atoms with E-state index in [1.165, 1.54) is 0 Å². The molecule has 2 N–H and O–H groups in total. The number of nitrogen functional groups attached to an aromatic ring is 1. The number of aromatic nitrogens is 1. The Bertz CT molecular complexity index is 734. The van der Waals surface area contributed by atoms with Gasteiger partial charge in [0.15, 0.2) is 5.58 Å². The van der Waals surface area contributed by atoms with Gasteiger partial charge in [0.05, 0.1) is 10.7 Å². The molecule has 0 saturated carbocycles. The summed E-state index contributed by atoms with van der Waals surface area (Å²) in [6.07, 6.45) is 0. The first kappa shape index (κ1) is 11.1. The normalized spacial score (nSPS) is 11.0. The molecule has 0 saturated heterocycles. The summed E-state index contributed by atoms with van der Waals surface area (Å²) in [5.41, 5.74) is 9.87. The standard InChI is InChI=1S/C14H11ClN2O/c1-8-3-2-4-12-13(8)17-14(18-12)9-5-6-10(15)11(16)7-9/h2-7H,16H2,1H3. The summed E-state index contributed by atoms with van der Waals surface area (Å²) in [5, 5.41) is 0.533. The molecule has 0 bridgehead atoms.